The third-order valence-corrected chi connectivity index (χ3v) is 5.62. The van der Waals surface area contributed by atoms with E-state index in [-0.39, 0.29) is 29.0 Å². The second-order valence-corrected chi connectivity index (χ2v) is 7.02. The molecule has 0 unspecified atom stereocenters. The number of amides is 2. The maximum atomic E-state index is 13.1. The zero-order valence-corrected chi connectivity index (χ0v) is 13.9. The predicted octanol–water partition coefficient (Wildman–Crippen LogP) is 3.08. The maximum Gasteiger partial charge on any atom is 0.346 e. The van der Waals surface area contributed by atoms with E-state index < -0.39 is 11.9 Å². The van der Waals surface area contributed by atoms with Gasteiger partial charge in [-0.25, -0.2) is 9.59 Å². The number of imide groups is 1. The Labute approximate surface area is 148 Å². The van der Waals surface area contributed by atoms with Crippen LogP contribution in [0.15, 0.2) is 24.3 Å². The molecule has 0 N–H and O–H groups in total. The second kappa shape index (κ2) is 5.24. The predicted molar refractivity (Wildman–Crippen MR) is 91.1 cm³/mol. The van der Waals surface area contributed by atoms with Gasteiger partial charge < -0.3 is 4.74 Å². The molecule has 3 aliphatic rings. The number of carbonyl (C=O) groups is 4. The van der Waals surface area contributed by atoms with Crippen LogP contribution < -0.4 is 0 Å². The van der Waals surface area contributed by atoms with E-state index in [0.717, 1.165) is 32.1 Å². The molecule has 1 saturated carbocycles. The molecule has 0 bridgehead atoms. The van der Waals surface area contributed by atoms with E-state index in [1.165, 1.54) is 17.0 Å². The molecule has 6 nitrogen and oxygen atoms in total. The van der Waals surface area contributed by atoms with Gasteiger partial charge in [0.15, 0.2) is 0 Å². The topological polar surface area (TPSA) is 80.8 Å². The van der Waals surface area contributed by atoms with Gasteiger partial charge in [0, 0.05) is 27.9 Å². The molecule has 0 radical (unpaired) electrons. The summed E-state index contributed by atoms with van der Waals surface area (Å²) >= 11 is 0. The number of nitrogens with zero attached hydrogens (tertiary/aromatic N) is 1. The van der Waals surface area contributed by atoms with Gasteiger partial charge in [0.2, 0.25) is 0 Å². The van der Waals surface area contributed by atoms with E-state index >= 15 is 0 Å². The molecule has 6 heteroatoms. The van der Waals surface area contributed by atoms with Crippen molar-refractivity contribution in [3.63, 3.8) is 0 Å². The highest BCUT2D eigenvalue weighted by molar-refractivity contribution is 6.31. The average molecular weight is 349 g/mol. The molecule has 0 spiro atoms. The van der Waals surface area contributed by atoms with Crippen LogP contribution in [0.4, 0.5) is 0 Å². The Morgan fingerprint density at radius 2 is 1.15 bits per heavy atom. The van der Waals surface area contributed by atoms with Crippen LogP contribution in [-0.2, 0) is 4.74 Å². The SMILES string of the molecule is O=C1OC(=O)c2ccc3c4c(ccc1c24)C(=O)N(C1CCCCC1)C3=O. The van der Waals surface area contributed by atoms with E-state index in [0.29, 0.717) is 21.9 Å². The number of cyclic esters (lactones) is 2. The van der Waals surface area contributed by atoms with Crippen LogP contribution in [0, 0.1) is 0 Å². The summed E-state index contributed by atoms with van der Waals surface area (Å²) in [6, 6.07) is 6.05. The second-order valence-electron chi connectivity index (χ2n) is 7.02. The quantitative estimate of drug-likeness (QED) is 0.449. The van der Waals surface area contributed by atoms with Gasteiger partial charge >= 0.3 is 11.9 Å². The molecule has 0 saturated heterocycles. The number of rotatable bonds is 1. The highest BCUT2D eigenvalue weighted by atomic mass is 16.6. The van der Waals surface area contributed by atoms with Crippen molar-refractivity contribution >= 4 is 34.5 Å². The summed E-state index contributed by atoms with van der Waals surface area (Å²) in [5, 5.41) is 0.748. The van der Waals surface area contributed by atoms with Crippen LogP contribution in [0.2, 0.25) is 0 Å². The Balaban J connectivity index is 1.77. The van der Waals surface area contributed by atoms with Crippen molar-refractivity contribution in [2.24, 2.45) is 0 Å². The molecule has 1 fully saturated rings. The van der Waals surface area contributed by atoms with Gasteiger partial charge in [0.25, 0.3) is 11.8 Å². The standard InChI is InChI=1S/C20H15NO5/c22-17-11-6-8-13-16-14(20(25)26-19(13)24)9-7-12(15(11)16)18(23)21(17)10-4-2-1-3-5-10/h6-10H,1-5H2. The first-order valence-electron chi connectivity index (χ1n) is 8.82. The molecule has 5 rings (SSSR count). The molecule has 0 atom stereocenters. The zero-order valence-electron chi connectivity index (χ0n) is 13.9. The molecule has 2 aromatic carbocycles. The normalized spacial score (nSPS) is 19.9. The summed E-state index contributed by atoms with van der Waals surface area (Å²) in [7, 11) is 0. The number of hydrogen-bond donors (Lipinski definition) is 0. The molecule has 2 amide bonds. The third-order valence-electron chi connectivity index (χ3n) is 5.62. The summed E-state index contributed by atoms with van der Waals surface area (Å²) in [4.78, 5) is 51.7. The van der Waals surface area contributed by atoms with Crippen LogP contribution >= 0.6 is 0 Å². The summed E-state index contributed by atoms with van der Waals surface area (Å²) in [6.45, 7) is 0. The van der Waals surface area contributed by atoms with Crippen molar-refractivity contribution < 1.29 is 23.9 Å². The Morgan fingerprint density at radius 1 is 0.692 bits per heavy atom. The fraction of sp³-hybridized carbons (Fsp3) is 0.300. The molecule has 2 heterocycles. The Kier molecular flexibility index (Phi) is 3.07. The summed E-state index contributed by atoms with van der Waals surface area (Å²) in [5.74, 6) is -2.18. The van der Waals surface area contributed by atoms with Crippen LogP contribution in [0.25, 0.3) is 10.8 Å². The highest BCUT2D eigenvalue weighted by Crippen LogP contribution is 2.38. The number of esters is 2. The molecule has 2 aliphatic heterocycles. The van der Waals surface area contributed by atoms with Gasteiger partial charge in [-0.1, -0.05) is 19.3 Å². The fourth-order valence-electron chi connectivity index (χ4n) is 4.41. The third kappa shape index (κ3) is 1.87. The first-order chi connectivity index (χ1) is 12.6. The van der Waals surface area contributed by atoms with E-state index in [2.05, 4.69) is 0 Å². The monoisotopic (exact) mass is 349 g/mol. The van der Waals surface area contributed by atoms with E-state index in [1.54, 1.807) is 12.1 Å². The minimum Gasteiger partial charge on any atom is -0.386 e. The first-order valence-corrected chi connectivity index (χ1v) is 8.82. The van der Waals surface area contributed by atoms with Crippen molar-refractivity contribution in [3.05, 3.63) is 46.5 Å². The van der Waals surface area contributed by atoms with E-state index in [9.17, 15) is 19.2 Å². The van der Waals surface area contributed by atoms with Crippen molar-refractivity contribution in [1.82, 2.24) is 4.90 Å². The molecular formula is C20H15NO5. The highest BCUT2D eigenvalue weighted by Gasteiger charge is 2.40. The van der Waals surface area contributed by atoms with Gasteiger partial charge in [-0.15, -0.1) is 0 Å². The van der Waals surface area contributed by atoms with Crippen molar-refractivity contribution in [2.45, 2.75) is 38.1 Å². The largest absolute Gasteiger partial charge is 0.386 e. The average Bonchev–Trinajstić information content (AvgIpc) is 2.65. The molecular weight excluding hydrogens is 334 g/mol. The fourth-order valence-corrected chi connectivity index (χ4v) is 4.41. The Morgan fingerprint density at radius 3 is 1.69 bits per heavy atom. The number of hydrogen-bond acceptors (Lipinski definition) is 5. The lowest BCUT2D eigenvalue weighted by atomic mass is 9.85. The molecule has 0 aromatic heterocycles. The van der Waals surface area contributed by atoms with Crippen LogP contribution in [0.3, 0.4) is 0 Å². The van der Waals surface area contributed by atoms with Crippen LogP contribution in [0.1, 0.15) is 73.5 Å². The number of benzene rings is 2. The van der Waals surface area contributed by atoms with E-state index in [4.69, 9.17) is 4.74 Å². The zero-order chi connectivity index (χ0) is 18.0. The van der Waals surface area contributed by atoms with Crippen molar-refractivity contribution in [2.75, 3.05) is 0 Å². The van der Waals surface area contributed by atoms with Crippen molar-refractivity contribution in [3.8, 4) is 0 Å². The summed E-state index contributed by atoms with van der Waals surface area (Å²) in [6.07, 6.45) is 4.76. The molecule has 26 heavy (non-hydrogen) atoms. The lowest BCUT2D eigenvalue weighted by Crippen LogP contribution is -2.48. The number of carbonyl (C=O) groups excluding carboxylic acids is 4. The molecule has 130 valence electrons. The lowest BCUT2D eigenvalue weighted by Gasteiger charge is -2.36. The van der Waals surface area contributed by atoms with Gasteiger partial charge in [0.05, 0.1) is 11.1 Å². The number of ether oxygens (including phenoxy) is 1. The smallest absolute Gasteiger partial charge is 0.346 e. The summed E-state index contributed by atoms with van der Waals surface area (Å²) in [5.41, 5.74) is 1.17. The summed E-state index contributed by atoms with van der Waals surface area (Å²) < 4.78 is 4.75. The van der Waals surface area contributed by atoms with Gasteiger partial charge in [-0.3, -0.25) is 14.5 Å². The van der Waals surface area contributed by atoms with Gasteiger partial charge in [-0.2, -0.15) is 0 Å². The van der Waals surface area contributed by atoms with Crippen molar-refractivity contribution in [1.29, 1.82) is 0 Å². The van der Waals surface area contributed by atoms with E-state index in [1.807, 2.05) is 0 Å². The van der Waals surface area contributed by atoms with Gasteiger partial charge in [-0.05, 0) is 37.1 Å². The Hall–Kier alpha value is -3.02. The van der Waals surface area contributed by atoms with Gasteiger partial charge in [0.1, 0.15) is 0 Å². The van der Waals surface area contributed by atoms with Crippen LogP contribution in [-0.4, -0.2) is 34.7 Å². The van der Waals surface area contributed by atoms with Crippen LogP contribution in [0.5, 0.6) is 0 Å². The molecule has 2 aromatic rings. The maximum absolute atomic E-state index is 13.1. The minimum atomic E-state index is -0.749. The Bertz CT molecular complexity index is 963. The molecule has 1 aliphatic carbocycles. The lowest BCUT2D eigenvalue weighted by molar-refractivity contribution is 0.0386. The first kappa shape index (κ1) is 15.3. The minimum absolute atomic E-state index is 0.0918.